The smallest absolute Gasteiger partial charge is 0.160 e. The van der Waals surface area contributed by atoms with E-state index in [1.165, 1.54) is 0 Å². The fraction of sp³-hybridized carbons (Fsp3) is 0.0625. The third-order valence-electron chi connectivity index (χ3n) is 3.40. The normalized spacial score (nSPS) is 11.1. The van der Waals surface area contributed by atoms with E-state index in [9.17, 15) is 0 Å². The molecule has 4 rings (SSSR count). The van der Waals surface area contributed by atoms with Crippen LogP contribution in [0.5, 0.6) is 0 Å². The van der Waals surface area contributed by atoms with Gasteiger partial charge in [0.25, 0.3) is 0 Å². The van der Waals surface area contributed by atoms with Gasteiger partial charge in [-0.2, -0.15) is 0 Å². The highest BCUT2D eigenvalue weighted by molar-refractivity contribution is 7.13. The third kappa shape index (κ3) is 2.02. The summed E-state index contributed by atoms with van der Waals surface area (Å²) in [6, 6.07) is 14.0. The highest BCUT2D eigenvalue weighted by atomic mass is 32.1. The van der Waals surface area contributed by atoms with Crippen LogP contribution >= 0.6 is 11.3 Å². The first kappa shape index (κ1) is 12.2. The summed E-state index contributed by atoms with van der Waals surface area (Å²) >= 11 is 1.59. The molecule has 0 fully saturated rings. The molecule has 3 heterocycles. The van der Waals surface area contributed by atoms with Gasteiger partial charge in [-0.15, -0.1) is 11.3 Å². The molecule has 0 bridgehead atoms. The molecular weight excluding hydrogens is 280 g/mol. The first-order valence-corrected chi connectivity index (χ1v) is 7.49. The van der Waals surface area contributed by atoms with Crippen molar-refractivity contribution in [3.8, 4) is 22.2 Å². The summed E-state index contributed by atoms with van der Waals surface area (Å²) in [5.74, 6) is 0.884. The van der Waals surface area contributed by atoms with E-state index in [1.807, 2.05) is 48.8 Å². The van der Waals surface area contributed by atoms with Crippen molar-refractivity contribution in [2.75, 3.05) is 0 Å². The minimum Gasteiger partial charge on any atom is -0.326 e. The summed E-state index contributed by atoms with van der Waals surface area (Å²) in [4.78, 5) is 13.7. The SMILES string of the molecule is Cn1c(-c2csc(-c3ccccn3)n2)nc2ccccc21. The van der Waals surface area contributed by atoms with Gasteiger partial charge in [-0.05, 0) is 24.3 Å². The maximum atomic E-state index is 4.68. The van der Waals surface area contributed by atoms with Crippen molar-refractivity contribution in [2.45, 2.75) is 0 Å². The minimum atomic E-state index is 0.884. The van der Waals surface area contributed by atoms with Gasteiger partial charge in [0.2, 0.25) is 0 Å². The molecule has 0 N–H and O–H groups in total. The van der Waals surface area contributed by atoms with Gasteiger partial charge in [0.1, 0.15) is 10.7 Å². The highest BCUT2D eigenvalue weighted by Crippen LogP contribution is 2.28. The number of imidazole rings is 1. The number of aryl methyl sites for hydroxylation is 1. The van der Waals surface area contributed by atoms with Crippen molar-refractivity contribution in [1.82, 2.24) is 19.5 Å². The molecule has 0 radical (unpaired) electrons. The van der Waals surface area contributed by atoms with Gasteiger partial charge >= 0.3 is 0 Å². The van der Waals surface area contributed by atoms with Crippen molar-refractivity contribution in [3.63, 3.8) is 0 Å². The molecule has 0 unspecified atom stereocenters. The molecule has 102 valence electrons. The van der Waals surface area contributed by atoms with E-state index in [1.54, 1.807) is 17.5 Å². The van der Waals surface area contributed by atoms with Crippen LogP contribution in [0.15, 0.2) is 54.0 Å². The first-order chi connectivity index (χ1) is 10.3. The largest absolute Gasteiger partial charge is 0.326 e. The molecule has 0 saturated heterocycles. The second kappa shape index (κ2) is 4.79. The Morgan fingerprint density at radius 2 is 1.81 bits per heavy atom. The lowest BCUT2D eigenvalue weighted by molar-refractivity contribution is 0.953. The van der Waals surface area contributed by atoms with E-state index >= 15 is 0 Å². The molecule has 4 nitrogen and oxygen atoms in total. The van der Waals surface area contributed by atoms with Gasteiger partial charge in [0.15, 0.2) is 5.82 Å². The number of nitrogens with zero attached hydrogens (tertiary/aromatic N) is 4. The average Bonchev–Trinajstić information content (AvgIpc) is 3.14. The van der Waals surface area contributed by atoms with E-state index in [2.05, 4.69) is 25.6 Å². The molecule has 1 aromatic carbocycles. The fourth-order valence-electron chi connectivity index (χ4n) is 2.36. The number of benzene rings is 1. The standard InChI is InChI=1S/C16H12N4S/c1-20-14-8-3-2-6-11(14)18-15(20)13-10-21-16(19-13)12-7-4-5-9-17-12/h2-10H,1H3. The molecule has 0 aliphatic rings. The maximum absolute atomic E-state index is 4.68. The van der Waals surface area contributed by atoms with Gasteiger partial charge in [0, 0.05) is 18.6 Å². The number of thiazole rings is 1. The molecular formula is C16H12N4S. The molecule has 0 aliphatic heterocycles. The number of aromatic nitrogens is 4. The molecule has 21 heavy (non-hydrogen) atoms. The summed E-state index contributed by atoms with van der Waals surface area (Å²) in [6.07, 6.45) is 1.78. The number of rotatable bonds is 2. The molecule has 0 amide bonds. The Balaban J connectivity index is 1.83. The van der Waals surface area contributed by atoms with Crippen LogP contribution in [0.1, 0.15) is 0 Å². The number of hydrogen-bond acceptors (Lipinski definition) is 4. The van der Waals surface area contributed by atoms with Gasteiger partial charge in [0.05, 0.1) is 16.7 Å². The zero-order valence-corrected chi connectivity index (χ0v) is 12.2. The van der Waals surface area contributed by atoms with Crippen LogP contribution < -0.4 is 0 Å². The van der Waals surface area contributed by atoms with E-state index in [-0.39, 0.29) is 0 Å². The van der Waals surface area contributed by atoms with Gasteiger partial charge < -0.3 is 4.57 Å². The van der Waals surface area contributed by atoms with Crippen LogP contribution in [-0.2, 0) is 7.05 Å². The Morgan fingerprint density at radius 1 is 0.952 bits per heavy atom. The molecule has 0 atom stereocenters. The van der Waals surface area contributed by atoms with Crippen LogP contribution in [0.4, 0.5) is 0 Å². The predicted octanol–water partition coefficient (Wildman–Crippen LogP) is 3.76. The quantitative estimate of drug-likeness (QED) is 0.565. The Kier molecular flexibility index (Phi) is 2.79. The van der Waals surface area contributed by atoms with Crippen molar-refractivity contribution in [2.24, 2.45) is 7.05 Å². The summed E-state index contributed by atoms with van der Waals surface area (Å²) in [5, 5.41) is 2.95. The van der Waals surface area contributed by atoms with Gasteiger partial charge in [-0.25, -0.2) is 9.97 Å². The number of para-hydroxylation sites is 2. The topological polar surface area (TPSA) is 43.6 Å². The van der Waals surface area contributed by atoms with Crippen molar-refractivity contribution in [3.05, 3.63) is 54.0 Å². The Labute approximate surface area is 125 Å². The number of hydrogen-bond donors (Lipinski definition) is 0. The number of fused-ring (bicyclic) bond motifs is 1. The van der Waals surface area contributed by atoms with Crippen molar-refractivity contribution >= 4 is 22.4 Å². The Bertz CT molecular complexity index is 908. The summed E-state index contributed by atoms with van der Waals surface area (Å²) < 4.78 is 2.08. The second-order valence-electron chi connectivity index (χ2n) is 4.74. The van der Waals surface area contributed by atoms with Gasteiger partial charge in [-0.3, -0.25) is 4.98 Å². The Morgan fingerprint density at radius 3 is 2.62 bits per heavy atom. The average molecular weight is 292 g/mol. The minimum absolute atomic E-state index is 0.884. The second-order valence-corrected chi connectivity index (χ2v) is 5.59. The monoisotopic (exact) mass is 292 g/mol. The summed E-state index contributed by atoms with van der Waals surface area (Å²) in [6.45, 7) is 0. The fourth-order valence-corrected chi connectivity index (χ4v) is 3.13. The lowest BCUT2D eigenvalue weighted by atomic mass is 10.3. The summed E-state index contributed by atoms with van der Waals surface area (Å²) in [5.41, 5.74) is 3.88. The van der Waals surface area contributed by atoms with Crippen LogP contribution in [0.25, 0.3) is 33.3 Å². The first-order valence-electron chi connectivity index (χ1n) is 6.62. The molecule has 4 aromatic rings. The summed E-state index contributed by atoms with van der Waals surface area (Å²) in [7, 11) is 2.02. The zero-order chi connectivity index (χ0) is 14.2. The van der Waals surface area contributed by atoms with E-state index < -0.39 is 0 Å². The zero-order valence-electron chi connectivity index (χ0n) is 11.4. The van der Waals surface area contributed by atoms with E-state index in [0.29, 0.717) is 0 Å². The van der Waals surface area contributed by atoms with E-state index in [4.69, 9.17) is 0 Å². The lowest BCUT2D eigenvalue weighted by Gasteiger charge is -1.98. The van der Waals surface area contributed by atoms with Crippen LogP contribution in [0.3, 0.4) is 0 Å². The molecule has 5 heteroatoms. The molecule has 3 aromatic heterocycles. The lowest BCUT2D eigenvalue weighted by Crippen LogP contribution is -1.92. The third-order valence-corrected chi connectivity index (χ3v) is 4.27. The van der Waals surface area contributed by atoms with Crippen LogP contribution in [-0.4, -0.2) is 19.5 Å². The highest BCUT2D eigenvalue weighted by Gasteiger charge is 2.13. The number of pyridine rings is 1. The van der Waals surface area contributed by atoms with Crippen molar-refractivity contribution < 1.29 is 0 Å². The van der Waals surface area contributed by atoms with Gasteiger partial charge in [-0.1, -0.05) is 18.2 Å². The maximum Gasteiger partial charge on any atom is 0.160 e. The van der Waals surface area contributed by atoms with Crippen LogP contribution in [0.2, 0.25) is 0 Å². The predicted molar refractivity (Wildman–Crippen MR) is 85.1 cm³/mol. The van der Waals surface area contributed by atoms with Crippen LogP contribution in [0, 0.1) is 0 Å². The Hall–Kier alpha value is -2.53. The van der Waals surface area contributed by atoms with Crippen molar-refractivity contribution in [1.29, 1.82) is 0 Å². The van der Waals surface area contributed by atoms with E-state index in [0.717, 1.165) is 33.3 Å². The molecule has 0 aliphatic carbocycles. The molecule has 0 saturated carbocycles. The molecule has 0 spiro atoms.